The SMILES string of the molecule is Cc1cc(N2CCN(C(=O)OC(C)(C)C)CC2)ncc1-c1ccc(C[C@H](CC(=O)C2CCC(CNC(=O)OC(C)(C)C)CC2)C(=O)Nc2ccc(-c3n[nH]c(Cl)n3)cc2)cc1. The minimum absolute atomic E-state index is 0.0835. The van der Waals surface area contributed by atoms with Crippen molar-refractivity contribution in [3.8, 4) is 22.5 Å². The lowest BCUT2D eigenvalue weighted by Crippen LogP contribution is -2.50. The van der Waals surface area contributed by atoms with Gasteiger partial charge in [-0.3, -0.25) is 9.59 Å². The molecule has 2 fully saturated rings. The number of hydrogen-bond acceptors (Lipinski definition) is 10. The molecule has 2 aromatic carbocycles. The Labute approximate surface area is 363 Å². The third-order valence-corrected chi connectivity index (χ3v) is 11.2. The molecule has 1 saturated carbocycles. The monoisotopic (exact) mass is 854 g/mol. The van der Waals surface area contributed by atoms with Crippen LogP contribution in [-0.2, 0) is 25.5 Å². The predicted octanol–water partition coefficient (Wildman–Crippen LogP) is 8.64. The van der Waals surface area contributed by atoms with E-state index in [1.165, 1.54) is 0 Å². The van der Waals surface area contributed by atoms with E-state index >= 15 is 0 Å². The maximum Gasteiger partial charge on any atom is 0.410 e. The Bertz CT molecular complexity index is 2150. The fraction of sp³-hybridized carbons (Fsp3) is 0.500. The first-order valence-electron chi connectivity index (χ1n) is 21.2. The van der Waals surface area contributed by atoms with Crippen molar-refractivity contribution < 1.29 is 28.7 Å². The average molecular weight is 855 g/mol. The van der Waals surface area contributed by atoms with E-state index < -0.39 is 23.2 Å². The topological polar surface area (TPSA) is 172 Å². The molecule has 3 heterocycles. The molecular weight excluding hydrogens is 796 g/mol. The van der Waals surface area contributed by atoms with E-state index in [1.54, 1.807) is 29.2 Å². The molecule has 326 valence electrons. The van der Waals surface area contributed by atoms with Crippen molar-refractivity contribution in [3.63, 3.8) is 0 Å². The van der Waals surface area contributed by atoms with Gasteiger partial charge in [-0.05, 0) is 145 Å². The summed E-state index contributed by atoms with van der Waals surface area (Å²) in [5, 5.41) is 12.8. The van der Waals surface area contributed by atoms with Crippen molar-refractivity contribution in [1.82, 2.24) is 30.4 Å². The second kappa shape index (κ2) is 19.5. The van der Waals surface area contributed by atoms with Gasteiger partial charge in [-0.15, -0.1) is 0 Å². The standard InChI is InChI=1S/C46H59ClN8O6/c1-29-24-39(54-20-22-55(23-21-54)44(59)61-46(5,6)7)48-28-37(29)32-12-8-30(9-13-32)25-35(41(57)50-36-18-16-34(17-19-36)40-51-42(47)53-52-40)26-38(56)33-14-10-31(11-15-33)27-49-43(58)60-45(2,3)4/h8-9,12-13,16-19,24,28,31,33,35H,10-11,14-15,20-23,25-27H2,1-7H3,(H,49,58)(H,50,57)(H,51,52,53)/t31?,33?,35-/m1/s1. The van der Waals surface area contributed by atoms with Crippen molar-refractivity contribution in [2.45, 2.75) is 98.2 Å². The predicted molar refractivity (Wildman–Crippen MR) is 236 cm³/mol. The third-order valence-electron chi connectivity index (χ3n) is 11.0. The largest absolute Gasteiger partial charge is 0.444 e. The molecule has 1 saturated heterocycles. The fourth-order valence-corrected chi connectivity index (χ4v) is 7.90. The van der Waals surface area contributed by atoms with E-state index in [4.69, 9.17) is 26.1 Å². The van der Waals surface area contributed by atoms with Crippen LogP contribution in [0.2, 0.25) is 5.28 Å². The number of aromatic amines is 1. The number of anilines is 2. The summed E-state index contributed by atoms with van der Waals surface area (Å²) >= 11 is 5.91. The number of nitrogens with one attached hydrogen (secondary N) is 3. The molecule has 2 aromatic heterocycles. The van der Waals surface area contributed by atoms with E-state index in [-0.39, 0.29) is 41.3 Å². The number of ketones is 1. The summed E-state index contributed by atoms with van der Waals surface area (Å²) in [6.07, 6.45) is 4.71. The van der Waals surface area contributed by atoms with Gasteiger partial charge in [0.15, 0.2) is 5.82 Å². The number of aryl methyl sites for hydroxylation is 1. The molecule has 0 bridgehead atoms. The van der Waals surface area contributed by atoms with Gasteiger partial charge in [-0.25, -0.2) is 19.7 Å². The molecule has 0 spiro atoms. The zero-order chi connectivity index (χ0) is 43.9. The lowest BCUT2D eigenvalue weighted by molar-refractivity contribution is -0.129. The number of Topliss-reactive ketones (excluding diaryl/α,β-unsaturated/α-hetero) is 1. The quantitative estimate of drug-likeness (QED) is 0.125. The number of H-pyrrole nitrogens is 1. The minimum atomic E-state index is -0.602. The number of piperazine rings is 1. The molecule has 6 rings (SSSR count). The smallest absolute Gasteiger partial charge is 0.410 e. The van der Waals surface area contributed by atoms with Crippen molar-refractivity contribution in [2.24, 2.45) is 17.8 Å². The number of hydrogen-bond donors (Lipinski definition) is 3. The van der Waals surface area contributed by atoms with Crippen molar-refractivity contribution >= 4 is 47.0 Å². The summed E-state index contributed by atoms with van der Waals surface area (Å²) in [4.78, 5) is 65.5. The number of alkyl carbamates (subject to hydrolysis) is 1. The number of nitrogens with zero attached hydrogens (tertiary/aromatic N) is 5. The first kappa shape index (κ1) is 45.0. The molecule has 61 heavy (non-hydrogen) atoms. The molecule has 4 aromatic rings. The summed E-state index contributed by atoms with van der Waals surface area (Å²) in [5.41, 5.74) is 4.24. The number of aromatic nitrogens is 4. The van der Waals surface area contributed by atoms with Gasteiger partial charge in [-0.2, -0.15) is 10.1 Å². The second-order valence-corrected chi connectivity index (χ2v) is 18.6. The van der Waals surface area contributed by atoms with E-state index in [0.717, 1.165) is 46.5 Å². The highest BCUT2D eigenvalue weighted by atomic mass is 35.5. The number of benzene rings is 2. The third kappa shape index (κ3) is 13.0. The summed E-state index contributed by atoms with van der Waals surface area (Å²) in [7, 11) is 0. The average Bonchev–Trinajstić information content (AvgIpc) is 3.65. The van der Waals surface area contributed by atoms with E-state index in [1.807, 2.05) is 72.0 Å². The van der Waals surface area contributed by atoms with Gasteiger partial charge in [0.05, 0.1) is 0 Å². The molecule has 0 radical (unpaired) electrons. The second-order valence-electron chi connectivity index (χ2n) is 18.2. The van der Waals surface area contributed by atoms with E-state index in [2.05, 4.69) is 43.7 Å². The number of amides is 3. The highest BCUT2D eigenvalue weighted by molar-refractivity contribution is 6.28. The van der Waals surface area contributed by atoms with Crippen molar-refractivity contribution in [2.75, 3.05) is 42.9 Å². The summed E-state index contributed by atoms with van der Waals surface area (Å²) in [5.74, 6) is 0.681. The molecule has 2 aliphatic rings. The lowest BCUT2D eigenvalue weighted by atomic mass is 9.77. The number of ether oxygens (including phenoxy) is 2. The number of halogens is 1. The first-order chi connectivity index (χ1) is 28.9. The van der Waals surface area contributed by atoms with Gasteiger partial charge in [0.25, 0.3) is 0 Å². The Balaban J connectivity index is 1.09. The van der Waals surface area contributed by atoms with Crippen molar-refractivity contribution in [3.05, 3.63) is 77.2 Å². The number of carbonyl (C=O) groups excluding carboxylic acids is 4. The molecule has 1 aliphatic heterocycles. The van der Waals surface area contributed by atoms with Crippen LogP contribution in [0.4, 0.5) is 21.1 Å². The van der Waals surface area contributed by atoms with Gasteiger partial charge >= 0.3 is 12.2 Å². The molecule has 1 atom stereocenters. The summed E-state index contributed by atoms with van der Waals surface area (Å²) < 4.78 is 10.9. The van der Waals surface area contributed by atoms with Crippen LogP contribution < -0.4 is 15.5 Å². The summed E-state index contributed by atoms with van der Waals surface area (Å²) in [6.45, 7) is 16.1. The van der Waals surface area contributed by atoms with Gasteiger partial charge in [0.2, 0.25) is 11.2 Å². The minimum Gasteiger partial charge on any atom is -0.444 e. The van der Waals surface area contributed by atoms with E-state index in [9.17, 15) is 19.2 Å². The molecule has 3 amide bonds. The molecule has 1 aliphatic carbocycles. The highest BCUT2D eigenvalue weighted by Gasteiger charge is 2.31. The van der Waals surface area contributed by atoms with Crippen LogP contribution in [0.15, 0.2) is 60.8 Å². The Morgan fingerprint density at radius 1 is 0.869 bits per heavy atom. The zero-order valence-corrected chi connectivity index (χ0v) is 37.1. The molecular formula is C46H59ClN8O6. The highest BCUT2D eigenvalue weighted by Crippen LogP contribution is 2.32. The van der Waals surface area contributed by atoms with Crippen LogP contribution in [0.1, 0.15) is 84.8 Å². The zero-order valence-electron chi connectivity index (χ0n) is 36.3. The first-order valence-corrected chi connectivity index (χ1v) is 21.5. The maximum atomic E-state index is 14.0. The number of pyridine rings is 1. The molecule has 0 unspecified atom stereocenters. The van der Waals surface area contributed by atoms with Crippen LogP contribution in [0.5, 0.6) is 0 Å². The Kier molecular flexibility index (Phi) is 14.4. The van der Waals surface area contributed by atoms with E-state index in [0.29, 0.717) is 63.5 Å². The maximum absolute atomic E-state index is 14.0. The molecule has 3 N–H and O–H groups in total. The number of carbonyl (C=O) groups is 4. The van der Waals surface area contributed by atoms with Crippen LogP contribution >= 0.6 is 11.6 Å². The Morgan fingerprint density at radius 2 is 1.51 bits per heavy atom. The normalized spacial score (nSPS) is 17.6. The van der Waals surface area contributed by atoms with Crippen molar-refractivity contribution in [1.29, 1.82) is 0 Å². The van der Waals surface area contributed by atoms with Crippen LogP contribution in [0.25, 0.3) is 22.5 Å². The number of rotatable bonds is 12. The molecule has 14 nitrogen and oxygen atoms in total. The van der Waals surface area contributed by atoms with Gasteiger partial charge < -0.3 is 29.9 Å². The van der Waals surface area contributed by atoms with Crippen LogP contribution in [0.3, 0.4) is 0 Å². The lowest BCUT2D eigenvalue weighted by Gasteiger charge is -2.36. The Morgan fingerprint density at radius 3 is 2.10 bits per heavy atom. The fourth-order valence-electron chi connectivity index (χ4n) is 7.78. The van der Waals surface area contributed by atoms with Gasteiger partial charge in [0.1, 0.15) is 22.8 Å². The molecule has 15 heteroatoms. The summed E-state index contributed by atoms with van der Waals surface area (Å²) in [6, 6.07) is 17.4. The van der Waals surface area contributed by atoms with Gasteiger partial charge in [0, 0.05) is 74.0 Å². The van der Waals surface area contributed by atoms with Crippen LogP contribution in [0, 0.1) is 24.7 Å². The van der Waals surface area contributed by atoms with Crippen LogP contribution in [-0.4, -0.2) is 92.9 Å². The van der Waals surface area contributed by atoms with Gasteiger partial charge in [-0.1, -0.05) is 24.3 Å². The Hall–Kier alpha value is -5.50.